The van der Waals surface area contributed by atoms with Crippen LogP contribution in [0.15, 0.2) is 0 Å². The Bertz CT molecular complexity index is 226. The second-order valence-corrected chi connectivity index (χ2v) is 4.62. The van der Waals surface area contributed by atoms with Gasteiger partial charge in [0.05, 0.1) is 0 Å². The minimum atomic E-state index is -4.11. The molecule has 0 saturated carbocycles. The minimum Gasteiger partial charge on any atom is -0.316 e. The average Bonchev–Trinajstić information content (AvgIpc) is 2.70. The summed E-state index contributed by atoms with van der Waals surface area (Å²) in [6.07, 6.45) is -3.12. The van der Waals surface area contributed by atoms with E-state index in [0.717, 1.165) is 19.5 Å². The molecule has 2 N–H and O–H groups in total. The van der Waals surface area contributed by atoms with Crippen molar-refractivity contribution in [3.8, 4) is 0 Å². The normalized spacial score (nSPS) is 33.2. The Morgan fingerprint density at radius 3 is 2.50 bits per heavy atom. The van der Waals surface area contributed by atoms with Gasteiger partial charge in [0.15, 0.2) is 0 Å². The van der Waals surface area contributed by atoms with Gasteiger partial charge in [-0.05, 0) is 25.4 Å². The van der Waals surface area contributed by atoms with E-state index in [1.807, 2.05) is 0 Å². The summed E-state index contributed by atoms with van der Waals surface area (Å²) in [5.41, 5.74) is 0. The maximum absolute atomic E-state index is 12.8. The summed E-state index contributed by atoms with van der Waals surface area (Å²) in [7, 11) is 0. The lowest BCUT2D eigenvalue weighted by Gasteiger charge is -2.38. The molecule has 0 amide bonds. The maximum atomic E-state index is 12.8. The number of alkyl halides is 3. The lowest BCUT2D eigenvalue weighted by molar-refractivity contribution is -0.188. The molecule has 2 fully saturated rings. The maximum Gasteiger partial charge on any atom is 0.405 e. The third-order valence-electron chi connectivity index (χ3n) is 3.39. The first-order chi connectivity index (χ1) is 7.57. The van der Waals surface area contributed by atoms with Gasteiger partial charge < -0.3 is 10.6 Å². The number of hydrogen-bond acceptors (Lipinski definition) is 3. The van der Waals surface area contributed by atoms with E-state index in [0.29, 0.717) is 25.6 Å². The molecular weight excluding hydrogens is 219 g/mol. The molecule has 0 aromatic rings. The summed E-state index contributed by atoms with van der Waals surface area (Å²) >= 11 is 0. The summed E-state index contributed by atoms with van der Waals surface area (Å²) in [6, 6.07) is -1.30. The number of rotatable bonds is 2. The molecule has 2 aliphatic heterocycles. The van der Waals surface area contributed by atoms with Crippen molar-refractivity contribution < 1.29 is 13.2 Å². The number of hydrogen-bond donors (Lipinski definition) is 2. The fourth-order valence-electron chi connectivity index (χ4n) is 2.49. The quantitative estimate of drug-likeness (QED) is 0.729. The Balaban J connectivity index is 1.93. The summed E-state index contributed by atoms with van der Waals surface area (Å²) in [6.45, 7) is 3.55. The highest BCUT2D eigenvalue weighted by atomic mass is 19.4. The molecule has 0 bridgehead atoms. The zero-order chi connectivity index (χ0) is 11.6. The van der Waals surface area contributed by atoms with E-state index < -0.39 is 12.2 Å². The Hall–Kier alpha value is -0.330. The molecule has 2 heterocycles. The van der Waals surface area contributed by atoms with E-state index in [-0.39, 0.29) is 6.54 Å². The van der Waals surface area contributed by atoms with Gasteiger partial charge in [-0.3, -0.25) is 4.90 Å². The minimum absolute atomic E-state index is 0.0314. The van der Waals surface area contributed by atoms with E-state index >= 15 is 0 Å². The van der Waals surface area contributed by atoms with Crippen molar-refractivity contribution in [1.82, 2.24) is 15.5 Å². The number of nitrogens with one attached hydrogen (secondary N) is 2. The Kier molecular flexibility index (Phi) is 3.71. The number of halogens is 3. The van der Waals surface area contributed by atoms with Gasteiger partial charge in [-0.15, -0.1) is 0 Å². The molecule has 6 heteroatoms. The first kappa shape index (κ1) is 12.1. The van der Waals surface area contributed by atoms with Crippen LogP contribution in [0.5, 0.6) is 0 Å². The molecule has 2 atom stereocenters. The lowest BCUT2D eigenvalue weighted by atomic mass is 10.1. The Morgan fingerprint density at radius 2 is 1.88 bits per heavy atom. The van der Waals surface area contributed by atoms with Crippen LogP contribution in [0.25, 0.3) is 0 Å². The van der Waals surface area contributed by atoms with E-state index in [4.69, 9.17) is 0 Å². The van der Waals surface area contributed by atoms with E-state index in [1.165, 1.54) is 0 Å². The second kappa shape index (κ2) is 4.89. The molecule has 0 aliphatic carbocycles. The van der Waals surface area contributed by atoms with Gasteiger partial charge in [-0.25, -0.2) is 0 Å². The van der Waals surface area contributed by atoms with Crippen molar-refractivity contribution in [2.24, 2.45) is 5.92 Å². The van der Waals surface area contributed by atoms with Gasteiger partial charge in [0.1, 0.15) is 6.04 Å². The molecule has 94 valence electrons. The molecular formula is C10H18F3N3. The third kappa shape index (κ3) is 2.87. The van der Waals surface area contributed by atoms with Crippen LogP contribution in [-0.4, -0.2) is 56.4 Å². The first-order valence-corrected chi connectivity index (χ1v) is 5.79. The summed E-state index contributed by atoms with van der Waals surface area (Å²) < 4.78 is 38.3. The predicted molar refractivity (Wildman–Crippen MR) is 55.3 cm³/mol. The van der Waals surface area contributed by atoms with Gasteiger partial charge in [-0.1, -0.05) is 0 Å². The van der Waals surface area contributed by atoms with Crippen LogP contribution in [-0.2, 0) is 0 Å². The smallest absolute Gasteiger partial charge is 0.316 e. The Morgan fingerprint density at radius 1 is 1.12 bits per heavy atom. The summed E-state index contributed by atoms with van der Waals surface area (Å²) in [4.78, 5) is 1.59. The largest absolute Gasteiger partial charge is 0.405 e. The van der Waals surface area contributed by atoms with Gasteiger partial charge in [0.2, 0.25) is 0 Å². The molecule has 2 saturated heterocycles. The zero-order valence-corrected chi connectivity index (χ0v) is 9.19. The van der Waals surface area contributed by atoms with Crippen LogP contribution in [0.1, 0.15) is 6.42 Å². The third-order valence-corrected chi connectivity index (χ3v) is 3.39. The monoisotopic (exact) mass is 237 g/mol. The highest BCUT2D eigenvalue weighted by Gasteiger charge is 2.44. The molecule has 0 radical (unpaired) electrons. The number of nitrogens with zero attached hydrogens (tertiary/aromatic N) is 1. The standard InChI is InChI=1S/C10H18F3N3/c11-10(12,13)9-6-15-3-4-16(9)7-8-1-2-14-5-8/h8-9,14-15H,1-7H2. The van der Waals surface area contributed by atoms with Crippen LogP contribution in [0.3, 0.4) is 0 Å². The first-order valence-electron chi connectivity index (χ1n) is 5.79. The molecule has 0 spiro atoms. The molecule has 3 nitrogen and oxygen atoms in total. The van der Waals surface area contributed by atoms with Crippen LogP contribution < -0.4 is 10.6 Å². The van der Waals surface area contributed by atoms with E-state index in [9.17, 15) is 13.2 Å². The van der Waals surface area contributed by atoms with Crippen LogP contribution >= 0.6 is 0 Å². The molecule has 16 heavy (non-hydrogen) atoms. The van der Waals surface area contributed by atoms with Crippen LogP contribution in [0, 0.1) is 5.92 Å². The summed E-state index contributed by atoms with van der Waals surface area (Å²) in [5.74, 6) is 0.378. The fraction of sp³-hybridized carbons (Fsp3) is 1.00. The van der Waals surface area contributed by atoms with E-state index in [2.05, 4.69) is 10.6 Å². The molecule has 0 aromatic carbocycles. The topological polar surface area (TPSA) is 27.3 Å². The molecule has 2 unspecified atom stereocenters. The highest BCUT2D eigenvalue weighted by molar-refractivity contribution is 4.87. The summed E-state index contributed by atoms with van der Waals surface area (Å²) in [5, 5.41) is 6.01. The molecule has 2 aliphatic rings. The van der Waals surface area contributed by atoms with Gasteiger partial charge in [-0.2, -0.15) is 13.2 Å². The van der Waals surface area contributed by atoms with Crippen molar-refractivity contribution in [1.29, 1.82) is 0 Å². The number of piperazine rings is 1. The second-order valence-electron chi connectivity index (χ2n) is 4.62. The highest BCUT2D eigenvalue weighted by Crippen LogP contribution is 2.27. The van der Waals surface area contributed by atoms with E-state index in [1.54, 1.807) is 4.90 Å². The van der Waals surface area contributed by atoms with Crippen LogP contribution in [0.4, 0.5) is 13.2 Å². The van der Waals surface area contributed by atoms with Crippen molar-refractivity contribution in [2.75, 3.05) is 39.3 Å². The van der Waals surface area contributed by atoms with Crippen molar-refractivity contribution in [2.45, 2.75) is 18.6 Å². The molecule has 2 rings (SSSR count). The fourth-order valence-corrected chi connectivity index (χ4v) is 2.49. The van der Waals surface area contributed by atoms with Crippen molar-refractivity contribution in [3.05, 3.63) is 0 Å². The van der Waals surface area contributed by atoms with Crippen molar-refractivity contribution >= 4 is 0 Å². The molecule has 0 aromatic heterocycles. The predicted octanol–water partition coefficient (Wildman–Crippen LogP) is 0.432. The van der Waals surface area contributed by atoms with Crippen molar-refractivity contribution in [3.63, 3.8) is 0 Å². The average molecular weight is 237 g/mol. The lowest BCUT2D eigenvalue weighted by Crippen LogP contribution is -2.58. The van der Waals surface area contributed by atoms with Gasteiger partial charge in [0, 0.05) is 26.2 Å². The van der Waals surface area contributed by atoms with Gasteiger partial charge in [0.25, 0.3) is 0 Å². The van der Waals surface area contributed by atoms with Crippen LogP contribution in [0.2, 0.25) is 0 Å². The van der Waals surface area contributed by atoms with Gasteiger partial charge >= 0.3 is 6.18 Å². The zero-order valence-electron chi connectivity index (χ0n) is 9.19. The SMILES string of the molecule is FC(F)(F)C1CNCCN1CC1CCNC1. The Labute approximate surface area is 93.4 Å².